The highest BCUT2D eigenvalue weighted by Crippen LogP contribution is 2.43. The van der Waals surface area contributed by atoms with Gasteiger partial charge in [-0.2, -0.15) is 0 Å². The third kappa shape index (κ3) is 3.36. The number of hydrogen-bond donors (Lipinski definition) is 0. The first-order valence-electron chi connectivity index (χ1n) is 9.16. The zero-order chi connectivity index (χ0) is 17.2. The van der Waals surface area contributed by atoms with Crippen LogP contribution in [0.2, 0.25) is 0 Å². The van der Waals surface area contributed by atoms with Crippen LogP contribution in [-0.2, 0) is 6.54 Å². The first-order chi connectivity index (χ1) is 12.2. The van der Waals surface area contributed by atoms with Gasteiger partial charge in [-0.15, -0.1) is 0 Å². The van der Waals surface area contributed by atoms with Crippen molar-refractivity contribution in [3.8, 4) is 11.5 Å². The Bertz CT molecular complexity index is 733. The molecule has 1 saturated carbocycles. The largest absolute Gasteiger partial charge is 0.497 e. The molecule has 0 radical (unpaired) electrons. The molecule has 132 valence electrons. The number of nitrogens with zero attached hydrogens (tertiary/aromatic N) is 2. The van der Waals surface area contributed by atoms with Crippen LogP contribution in [0.3, 0.4) is 0 Å². The molecule has 0 spiro atoms. The standard InChI is InChI=1S/C21H26N2O2/c1-15-12-22-9-8-17(15)13-23-18-7-6-16(10-18)21(23)14-25-20-5-3-4-19(11-20)24-2/h3-5,8-9,11-12,16,18,21H,6-7,10,13-14H2,1-2H3/t16-,18-,21-/m0/s1. The number of ether oxygens (including phenoxy) is 2. The topological polar surface area (TPSA) is 34.6 Å². The number of pyridine rings is 1. The van der Waals surface area contributed by atoms with Crippen LogP contribution >= 0.6 is 0 Å². The molecular weight excluding hydrogens is 312 g/mol. The summed E-state index contributed by atoms with van der Waals surface area (Å²) in [7, 11) is 1.69. The molecule has 1 saturated heterocycles. The molecular formula is C21H26N2O2. The predicted octanol–water partition coefficient (Wildman–Crippen LogP) is 3.83. The highest BCUT2D eigenvalue weighted by molar-refractivity contribution is 5.33. The van der Waals surface area contributed by atoms with Crippen molar-refractivity contribution in [3.05, 3.63) is 53.9 Å². The normalized spacial score (nSPS) is 25.3. The number of aryl methyl sites for hydroxylation is 1. The molecule has 4 rings (SSSR count). The van der Waals surface area contributed by atoms with Crippen molar-refractivity contribution in [2.75, 3.05) is 13.7 Å². The van der Waals surface area contributed by atoms with Gasteiger partial charge in [0.05, 0.1) is 7.11 Å². The number of methoxy groups -OCH3 is 1. The summed E-state index contributed by atoms with van der Waals surface area (Å²) in [6.45, 7) is 3.90. The molecule has 0 N–H and O–H groups in total. The fraction of sp³-hybridized carbons (Fsp3) is 0.476. The first kappa shape index (κ1) is 16.4. The van der Waals surface area contributed by atoms with Crippen molar-refractivity contribution in [3.63, 3.8) is 0 Å². The summed E-state index contributed by atoms with van der Waals surface area (Å²) in [5.74, 6) is 2.50. The van der Waals surface area contributed by atoms with Gasteiger partial charge in [-0.1, -0.05) is 6.07 Å². The maximum atomic E-state index is 6.15. The van der Waals surface area contributed by atoms with E-state index in [0.29, 0.717) is 12.1 Å². The van der Waals surface area contributed by atoms with Gasteiger partial charge in [0.2, 0.25) is 0 Å². The Hall–Kier alpha value is -2.07. The summed E-state index contributed by atoms with van der Waals surface area (Å²) in [5.41, 5.74) is 2.66. The zero-order valence-corrected chi connectivity index (χ0v) is 15.0. The summed E-state index contributed by atoms with van der Waals surface area (Å²) in [6, 6.07) is 11.3. The minimum absolute atomic E-state index is 0.498. The molecule has 4 heteroatoms. The molecule has 2 fully saturated rings. The van der Waals surface area contributed by atoms with Gasteiger partial charge in [-0.3, -0.25) is 9.88 Å². The lowest BCUT2D eigenvalue weighted by molar-refractivity contribution is 0.0865. The number of likely N-dealkylation sites (tertiary alicyclic amines) is 1. The smallest absolute Gasteiger partial charge is 0.123 e. The third-order valence-corrected chi connectivity index (χ3v) is 5.84. The van der Waals surface area contributed by atoms with Crippen LogP contribution in [0, 0.1) is 12.8 Å². The lowest BCUT2D eigenvalue weighted by Gasteiger charge is -2.35. The zero-order valence-electron chi connectivity index (χ0n) is 15.0. The highest BCUT2D eigenvalue weighted by Gasteiger charge is 2.45. The summed E-state index contributed by atoms with van der Waals surface area (Å²) in [5, 5.41) is 0. The molecule has 2 aromatic rings. The van der Waals surface area contributed by atoms with E-state index < -0.39 is 0 Å². The second-order valence-electron chi connectivity index (χ2n) is 7.26. The minimum Gasteiger partial charge on any atom is -0.497 e. The number of aromatic nitrogens is 1. The van der Waals surface area contributed by atoms with Crippen LogP contribution in [0.15, 0.2) is 42.7 Å². The first-order valence-corrected chi connectivity index (χ1v) is 9.16. The minimum atomic E-state index is 0.498. The van der Waals surface area contributed by atoms with Crippen molar-refractivity contribution in [1.82, 2.24) is 9.88 Å². The number of benzene rings is 1. The van der Waals surface area contributed by atoms with E-state index in [2.05, 4.69) is 22.9 Å². The van der Waals surface area contributed by atoms with E-state index >= 15 is 0 Å². The Morgan fingerprint density at radius 2 is 2.08 bits per heavy atom. The molecule has 3 atom stereocenters. The molecule has 2 heterocycles. The molecule has 4 nitrogen and oxygen atoms in total. The van der Waals surface area contributed by atoms with Crippen molar-refractivity contribution in [2.24, 2.45) is 5.92 Å². The Balaban J connectivity index is 1.46. The molecule has 2 bridgehead atoms. The molecule has 1 aliphatic carbocycles. The van der Waals surface area contributed by atoms with Gasteiger partial charge in [-0.25, -0.2) is 0 Å². The van der Waals surface area contributed by atoms with E-state index in [-0.39, 0.29) is 0 Å². The van der Waals surface area contributed by atoms with E-state index in [1.165, 1.54) is 30.4 Å². The second kappa shape index (κ2) is 7.04. The molecule has 1 aliphatic heterocycles. The van der Waals surface area contributed by atoms with Gasteiger partial charge in [0.15, 0.2) is 0 Å². The SMILES string of the molecule is COc1cccc(OC[C@H]2[C@H]3CC[C@@H](C3)N2Cc2ccncc2C)c1. The molecule has 1 aromatic carbocycles. The number of piperidine rings is 1. The third-order valence-electron chi connectivity index (χ3n) is 5.84. The fourth-order valence-electron chi connectivity index (χ4n) is 4.41. The van der Waals surface area contributed by atoms with E-state index in [9.17, 15) is 0 Å². The molecule has 25 heavy (non-hydrogen) atoms. The van der Waals surface area contributed by atoms with Gasteiger partial charge < -0.3 is 9.47 Å². The second-order valence-corrected chi connectivity index (χ2v) is 7.26. The van der Waals surface area contributed by atoms with Crippen molar-refractivity contribution >= 4 is 0 Å². The van der Waals surface area contributed by atoms with Crippen molar-refractivity contribution in [1.29, 1.82) is 0 Å². The lowest BCUT2D eigenvalue weighted by atomic mass is 9.98. The Kier molecular flexibility index (Phi) is 4.62. The van der Waals surface area contributed by atoms with Gasteiger partial charge in [0.25, 0.3) is 0 Å². The predicted molar refractivity (Wildman–Crippen MR) is 97.9 cm³/mol. The van der Waals surface area contributed by atoms with Crippen molar-refractivity contribution in [2.45, 2.75) is 44.8 Å². The maximum Gasteiger partial charge on any atom is 0.123 e. The number of fused-ring (bicyclic) bond motifs is 2. The van der Waals surface area contributed by atoms with Crippen LogP contribution in [0.5, 0.6) is 11.5 Å². The average molecular weight is 338 g/mol. The molecule has 0 unspecified atom stereocenters. The molecule has 0 amide bonds. The van der Waals surface area contributed by atoms with E-state index in [1.54, 1.807) is 7.11 Å². The lowest BCUT2D eigenvalue weighted by Crippen LogP contribution is -2.43. The van der Waals surface area contributed by atoms with Crippen LogP contribution in [0.25, 0.3) is 0 Å². The maximum absolute atomic E-state index is 6.15. The van der Waals surface area contributed by atoms with Crippen LogP contribution in [0.4, 0.5) is 0 Å². The molecule has 2 aliphatic rings. The van der Waals surface area contributed by atoms with Crippen LogP contribution in [-0.4, -0.2) is 35.7 Å². The van der Waals surface area contributed by atoms with Gasteiger partial charge in [0, 0.05) is 37.1 Å². The summed E-state index contributed by atoms with van der Waals surface area (Å²) in [4.78, 5) is 6.89. The number of rotatable bonds is 6. The number of hydrogen-bond acceptors (Lipinski definition) is 4. The molecule has 1 aromatic heterocycles. The fourth-order valence-corrected chi connectivity index (χ4v) is 4.41. The van der Waals surface area contributed by atoms with Crippen LogP contribution < -0.4 is 9.47 Å². The van der Waals surface area contributed by atoms with Gasteiger partial charge >= 0.3 is 0 Å². The van der Waals surface area contributed by atoms with E-state index in [0.717, 1.165) is 30.6 Å². The van der Waals surface area contributed by atoms with E-state index in [1.807, 2.05) is 36.7 Å². The van der Waals surface area contributed by atoms with Gasteiger partial charge in [0.1, 0.15) is 18.1 Å². The monoisotopic (exact) mass is 338 g/mol. The Morgan fingerprint density at radius 1 is 1.20 bits per heavy atom. The van der Waals surface area contributed by atoms with E-state index in [4.69, 9.17) is 9.47 Å². The summed E-state index contributed by atoms with van der Waals surface area (Å²) < 4.78 is 11.4. The van der Waals surface area contributed by atoms with Crippen LogP contribution in [0.1, 0.15) is 30.4 Å². The Morgan fingerprint density at radius 3 is 2.92 bits per heavy atom. The van der Waals surface area contributed by atoms with Crippen molar-refractivity contribution < 1.29 is 9.47 Å². The van der Waals surface area contributed by atoms with Gasteiger partial charge in [-0.05, 0) is 61.4 Å². The average Bonchev–Trinajstić information content (AvgIpc) is 3.24. The highest BCUT2D eigenvalue weighted by atomic mass is 16.5. The summed E-state index contributed by atoms with van der Waals surface area (Å²) in [6.07, 6.45) is 7.84. The summed E-state index contributed by atoms with van der Waals surface area (Å²) >= 11 is 0. The quantitative estimate of drug-likeness (QED) is 0.802. The Labute approximate surface area is 149 Å².